The number of rotatable bonds is 7. The molecule has 0 aliphatic rings. The van der Waals surface area contributed by atoms with E-state index in [4.69, 9.17) is 13.9 Å². The van der Waals surface area contributed by atoms with E-state index in [2.05, 4.69) is 5.32 Å². The summed E-state index contributed by atoms with van der Waals surface area (Å²) in [6.07, 6.45) is 1.41. The molecule has 2 heterocycles. The molecule has 0 bridgehead atoms. The van der Waals surface area contributed by atoms with Crippen molar-refractivity contribution in [2.24, 2.45) is 0 Å². The summed E-state index contributed by atoms with van der Waals surface area (Å²) in [6, 6.07) is 10.4. The van der Waals surface area contributed by atoms with Gasteiger partial charge in [-0.3, -0.25) is 4.79 Å². The second kappa shape index (κ2) is 8.50. The Bertz CT molecular complexity index is 918. The molecule has 1 N–H and O–H groups in total. The maximum absolute atomic E-state index is 12.8. The first-order chi connectivity index (χ1) is 13.0. The molecule has 27 heavy (non-hydrogen) atoms. The fourth-order valence-corrected chi connectivity index (χ4v) is 3.18. The Morgan fingerprint density at radius 2 is 1.96 bits per heavy atom. The molecule has 0 aliphatic carbocycles. The van der Waals surface area contributed by atoms with Gasteiger partial charge in [-0.15, -0.1) is 11.3 Å². The number of benzene rings is 1. The maximum atomic E-state index is 12.8. The van der Waals surface area contributed by atoms with Gasteiger partial charge in [0.15, 0.2) is 5.76 Å². The van der Waals surface area contributed by atoms with Crippen LogP contribution in [0.25, 0.3) is 0 Å². The lowest BCUT2D eigenvalue weighted by Crippen LogP contribution is -2.12. The molecule has 0 saturated heterocycles. The van der Waals surface area contributed by atoms with Gasteiger partial charge in [0.25, 0.3) is 5.91 Å². The number of amides is 1. The van der Waals surface area contributed by atoms with E-state index >= 15 is 0 Å². The van der Waals surface area contributed by atoms with Gasteiger partial charge in [0.05, 0.1) is 11.3 Å². The normalized spacial score (nSPS) is 10.4. The minimum absolute atomic E-state index is 0.0433. The largest absolute Gasteiger partial charge is 0.490 e. The third-order valence-corrected chi connectivity index (χ3v) is 4.62. The molecule has 2 aromatic heterocycles. The smallest absolute Gasteiger partial charge is 0.348 e. The summed E-state index contributed by atoms with van der Waals surface area (Å²) >= 11 is 1.12. The highest BCUT2D eigenvalue weighted by Crippen LogP contribution is 2.27. The number of halogens is 1. The van der Waals surface area contributed by atoms with E-state index in [9.17, 15) is 14.0 Å². The first kappa shape index (κ1) is 18.7. The van der Waals surface area contributed by atoms with Crippen LogP contribution in [0.2, 0.25) is 0 Å². The zero-order chi connectivity index (χ0) is 19.2. The number of carbonyl (C=O) groups excluding carboxylic acids is 2. The molecule has 0 unspecified atom stereocenters. The number of nitrogens with one attached hydrogen (secondary N) is 1. The summed E-state index contributed by atoms with van der Waals surface area (Å²) in [7, 11) is 0. The average Bonchev–Trinajstić information content (AvgIpc) is 3.30. The Hall–Kier alpha value is -3.13. The molecule has 8 heteroatoms. The molecule has 1 aromatic carbocycles. The summed E-state index contributed by atoms with van der Waals surface area (Å²) < 4.78 is 28.4. The predicted octanol–water partition coefficient (Wildman–Crippen LogP) is 4.28. The topological polar surface area (TPSA) is 77.8 Å². The molecule has 0 saturated carbocycles. The van der Waals surface area contributed by atoms with Crippen LogP contribution in [0.4, 0.5) is 9.39 Å². The average molecular weight is 389 g/mol. The monoisotopic (exact) mass is 389 g/mol. The Balaban J connectivity index is 1.50. The van der Waals surface area contributed by atoms with Crippen molar-refractivity contribution in [2.75, 3.05) is 18.5 Å². The van der Waals surface area contributed by atoms with Gasteiger partial charge in [0.2, 0.25) is 0 Å². The molecule has 0 radical (unpaired) electrons. The molecule has 1 amide bonds. The summed E-state index contributed by atoms with van der Waals surface area (Å²) in [4.78, 5) is 24.6. The van der Waals surface area contributed by atoms with Crippen molar-refractivity contribution in [1.82, 2.24) is 0 Å². The number of hydrogen-bond donors (Lipinski definition) is 1. The van der Waals surface area contributed by atoms with Gasteiger partial charge in [0, 0.05) is 0 Å². The highest BCUT2D eigenvalue weighted by Gasteiger charge is 2.17. The van der Waals surface area contributed by atoms with Gasteiger partial charge in [-0.2, -0.15) is 0 Å². The summed E-state index contributed by atoms with van der Waals surface area (Å²) in [5, 5.41) is 3.19. The zero-order valence-corrected chi connectivity index (χ0v) is 15.2. The van der Waals surface area contributed by atoms with Gasteiger partial charge < -0.3 is 19.2 Å². The highest BCUT2D eigenvalue weighted by molar-refractivity contribution is 7.18. The Morgan fingerprint density at radius 1 is 1.19 bits per heavy atom. The van der Waals surface area contributed by atoms with Gasteiger partial charge in [0.1, 0.15) is 29.7 Å². The van der Waals surface area contributed by atoms with Crippen molar-refractivity contribution >= 4 is 28.2 Å². The number of esters is 1. The first-order valence-corrected chi connectivity index (χ1v) is 8.85. The molecule has 3 aromatic rings. The van der Waals surface area contributed by atoms with Crippen LogP contribution in [0.5, 0.6) is 5.75 Å². The Kier molecular flexibility index (Phi) is 5.87. The van der Waals surface area contributed by atoms with Crippen LogP contribution < -0.4 is 10.1 Å². The molecule has 0 aliphatic heterocycles. The van der Waals surface area contributed by atoms with Crippen molar-refractivity contribution < 1.29 is 27.9 Å². The third kappa shape index (κ3) is 4.95. The lowest BCUT2D eigenvalue weighted by atomic mass is 10.3. The Morgan fingerprint density at radius 3 is 2.67 bits per heavy atom. The van der Waals surface area contributed by atoms with Crippen molar-refractivity contribution in [3.8, 4) is 5.75 Å². The predicted molar refractivity (Wildman–Crippen MR) is 97.9 cm³/mol. The van der Waals surface area contributed by atoms with Gasteiger partial charge in [-0.25, -0.2) is 9.18 Å². The number of furan rings is 1. The van der Waals surface area contributed by atoms with E-state index in [0.29, 0.717) is 21.2 Å². The van der Waals surface area contributed by atoms with E-state index < -0.39 is 11.9 Å². The van der Waals surface area contributed by atoms with Crippen LogP contribution in [-0.4, -0.2) is 25.1 Å². The second-order valence-corrected chi connectivity index (χ2v) is 6.54. The van der Waals surface area contributed by atoms with E-state index in [1.807, 2.05) is 0 Å². The molecule has 0 atom stereocenters. The number of ether oxygens (including phenoxy) is 2. The molecular weight excluding hydrogens is 373 g/mol. The zero-order valence-electron chi connectivity index (χ0n) is 14.4. The first-order valence-electron chi connectivity index (χ1n) is 8.03. The molecule has 0 fully saturated rings. The SMILES string of the molecule is Cc1cc(NC(=O)c2ccco2)sc1C(=O)OCCOc1ccc(F)cc1. The van der Waals surface area contributed by atoms with Crippen molar-refractivity contribution in [3.63, 3.8) is 0 Å². The highest BCUT2D eigenvalue weighted by atomic mass is 32.1. The van der Waals surface area contributed by atoms with E-state index in [0.717, 1.165) is 11.3 Å². The number of aryl methyl sites for hydroxylation is 1. The lowest BCUT2D eigenvalue weighted by molar-refractivity contribution is 0.0455. The molecule has 3 rings (SSSR count). The summed E-state index contributed by atoms with van der Waals surface area (Å²) in [5.74, 6) is -0.574. The van der Waals surface area contributed by atoms with Crippen LogP contribution >= 0.6 is 11.3 Å². The van der Waals surface area contributed by atoms with Crippen LogP contribution in [0.3, 0.4) is 0 Å². The Labute approximate surface area is 158 Å². The summed E-state index contributed by atoms with van der Waals surface area (Å²) in [5.41, 5.74) is 0.694. The third-order valence-electron chi connectivity index (χ3n) is 3.48. The standard InChI is InChI=1S/C19H16FNO5S/c1-12-11-16(21-18(22)15-3-2-8-25-15)27-17(12)19(23)26-10-9-24-14-6-4-13(20)5-7-14/h2-8,11H,9-10H2,1H3,(H,21,22). The maximum Gasteiger partial charge on any atom is 0.348 e. The number of hydrogen-bond acceptors (Lipinski definition) is 6. The van der Waals surface area contributed by atoms with Gasteiger partial charge in [-0.1, -0.05) is 0 Å². The van der Waals surface area contributed by atoms with Crippen molar-refractivity contribution in [2.45, 2.75) is 6.92 Å². The van der Waals surface area contributed by atoms with E-state index in [1.54, 1.807) is 25.1 Å². The van der Waals surface area contributed by atoms with Crippen LogP contribution in [-0.2, 0) is 4.74 Å². The molecule has 0 spiro atoms. The fourth-order valence-electron chi connectivity index (χ4n) is 2.22. The van der Waals surface area contributed by atoms with Gasteiger partial charge >= 0.3 is 5.97 Å². The van der Waals surface area contributed by atoms with E-state index in [-0.39, 0.29) is 24.8 Å². The number of carbonyl (C=O) groups is 2. The van der Waals surface area contributed by atoms with Crippen molar-refractivity contribution in [1.29, 1.82) is 0 Å². The van der Waals surface area contributed by atoms with Gasteiger partial charge in [-0.05, 0) is 55.0 Å². The molecule has 140 valence electrons. The van der Waals surface area contributed by atoms with Crippen LogP contribution in [0, 0.1) is 12.7 Å². The van der Waals surface area contributed by atoms with Crippen molar-refractivity contribution in [3.05, 3.63) is 70.7 Å². The second-order valence-electron chi connectivity index (χ2n) is 5.49. The van der Waals surface area contributed by atoms with Crippen LogP contribution in [0.15, 0.2) is 53.1 Å². The minimum atomic E-state index is -0.501. The molecular formula is C19H16FNO5S. The lowest BCUT2D eigenvalue weighted by Gasteiger charge is -2.07. The fraction of sp³-hybridized carbons (Fsp3) is 0.158. The molecule has 6 nitrogen and oxygen atoms in total. The van der Waals surface area contributed by atoms with Crippen LogP contribution in [0.1, 0.15) is 25.8 Å². The van der Waals surface area contributed by atoms with E-state index in [1.165, 1.54) is 30.5 Å². The summed E-state index contributed by atoms with van der Waals surface area (Å²) in [6.45, 7) is 1.94. The minimum Gasteiger partial charge on any atom is -0.490 e. The number of thiophene rings is 1. The quantitative estimate of drug-likeness (QED) is 0.482. The number of anilines is 1.